The van der Waals surface area contributed by atoms with Crippen LogP contribution in [0.5, 0.6) is 0 Å². The molecule has 0 aliphatic heterocycles. The van der Waals surface area contributed by atoms with Gasteiger partial charge in [0.05, 0.1) is 11.4 Å². The Morgan fingerprint density at radius 3 is 2.70 bits per heavy atom. The molecule has 0 unspecified atom stereocenters. The summed E-state index contributed by atoms with van der Waals surface area (Å²) >= 11 is 1.16. The molecule has 0 saturated carbocycles. The number of nitrogens with zero attached hydrogens (tertiary/aromatic N) is 1. The average molecular weight is 330 g/mol. The van der Waals surface area contributed by atoms with Gasteiger partial charge in [0, 0.05) is 5.57 Å². The van der Waals surface area contributed by atoms with Crippen molar-refractivity contribution in [2.45, 2.75) is 27.2 Å². The van der Waals surface area contributed by atoms with Crippen molar-refractivity contribution >= 4 is 28.4 Å². The van der Waals surface area contributed by atoms with Crippen LogP contribution < -0.4 is 16.4 Å². The smallest absolute Gasteiger partial charge is 0.177 e. The van der Waals surface area contributed by atoms with Gasteiger partial charge < -0.3 is 0 Å². The summed E-state index contributed by atoms with van der Waals surface area (Å²) in [5, 5.41) is 9.81. The first-order valence-corrected chi connectivity index (χ1v) is 8.35. The number of hydrogen-bond acceptors (Lipinski definition) is 5. The highest BCUT2D eigenvalue weighted by Gasteiger charge is 2.19. The zero-order valence-electron chi connectivity index (χ0n) is 13.6. The summed E-state index contributed by atoms with van der Waals surface area (Å²) in [4.78, 5) is 12.3. The van der Waals surface area contributed by atoms with E-state index in [1.165, 1.54) is 10.6 Å². The van der Waals surface area contributed by atoms with E-state index in [0.717, 1.165) is 40.6 Å². The quantitative estimate of drug-likeness (QED) is 0.334. The lowest BCUT2D eigenvalue weighted by molar-refractivity contribution is -0.112. The van der Waals surface area contributed by atoms with E-state index in [1.807, 2.05) is 51.1 Å². The normalized spacial score (nSPS) is 14.0. The van der Waals surface area contributed by atoms with Crippen LogP contribution >= 0.6 is 11.8 Å². The fraction of sp³-hybridized carbons (Fsp3) is 0.294. The SMILES string of the molecule is CC1=CC(C(=O)CSC(=N)N(NN)c2cccc(C)c2)=C(C)C1. The van der Waals surface area contributed by atoms with Crippen molar-refractivity contribution in [3.8, 4) is 0 Å². The zero-order chi connectivity index (χ0) is 17.0. The van der Waals surface area contributed by atoms with Gasteiger partial charge in [0.1, 0.15) is 0 Å². The number of aryl methyl sites for hydroxylation is 1. The van der Waals surface area contributed by atoms with Gasteiger partial charge in [0.15, 0.2) is 11.0 Å². The number of allylic oxidation sites excluding steroid dienone is 4. The number of carbonyl (C=O) groups excluding carboxylic acids is 1. The Morgan fingerprint density at radius 1 is 1.39 bits per heavy atom. The van der Waals surface area contributed by atoms with Gasteiger partial charge in [0.2, 0.25) is 0 Å². The fourth-order valence-corrected chi connectivity index (χ4v) is 3.26. The van der Waals surface area contributed by atoms with Crippen LogP contribution in [0.2, 0.25) is 0 Å². The molecule has 0 radical (unpaired) electrons. The molecule has 1 aromatic carbocycles. The molecule has 0 heterocycles. The largest absolute Gasteiger partial charge is 0.293 e. The number of anilines is 1. The van der Waals surface area contributed by atoms with Crippen LogP contribution in [0.15, 0.2) is 47.1 Å². The Hall–Kier alpha value is -1.89. The van der Waals surface area contributed by atoms with Crippen molar-refractivity contribution in [1.82, 2.24) is 5.53 Å². The third-order valence-corrected chi connectivity index (χ3v) is 4.49. The molecule has 122 valence electrons. The number of amidine groups is 1. The van der Waals surface area contributed by atoms with Gasteiger partial charge >= 0.3 is 0 Å². The van der Waals surface area contributed by atoms with Gasteiger partial charge in [-0.15, -0.1) is 0 Å². The van der Waals surface area contributed by atoms with Crippen molar-refractivity contribution in [2.24, 2.45) is 5.84 Å². The first kappa shape index (κ1) is 17.5. The van der Waals surface area contributed by atoms with Crippen LogP contribution in [0.4, 0.5) is 5.69 Å². The van der Waals surface area contributed by atoms with Gasteiger partial charge in [0.25, 0.3) is 0 Å². The van der Waals surface area contributed by atoms with Crippen LogP contribution in [0.25, 0.3) is 0 Å². The summed E-state index contributed by atoms with van der Waals surface area (Å²) in [6.45, 7) is 5.98. The van der Waals surface area contributed by atoms with Crippen LogP contribution in [0.1, 0.15) is 25.8 Å². The molecule has 0 fully saturated rings. The number of benzene rings is 1. The second-order valence-electron chi connectivity index (χ2n) is 5.68. The standard InChI is InChI=1S/C17H22N4OS/c1-11-5-4-6-14(8-11)21(20-19)17(18)23-10-16(22)15-9-12(2)7-13(15)3/h4-6,8-9,18,20H,7,10,19H2,1-3H3. The summed E-state index contributed by atoms with van der Waals surface area (Å²) < 4.78 is 0. The number of nitrogens with two attached hydrogens (primary N) is 1. The molecule has 1 aliphatic carbocycles. The third-order valence-electron chi connectivity index (χ3n) is 3.63. The Morgan fingerprint density at radius 2 is 2.13 bits per heavy atom. The number of thioether (sulfide) groups is 1. The van der Waals surface area contributed by atoms with E-state index in [0.29, 0.717) is 0 Å². The second-order valence-corrected chi connectivity index (χ2v) is 6.65. The summed E-state index contributed by atoms with van der Waals surface area (Å²) in [5.41, 5.74) is 7.44. The van der Waals surface area contributed by atoms with E-state index in [1.54, 1.807) is 0 Å². The molecule has 1 aliphatic rings. The lowest BCUT2D eigenvalue weighted by Gasteiger charge is -2.23. The summed E-state index contributed by atoms with van der Waals surface area (Å²) in [5.74, 6) is 5.82. The van der Waals surface area contributed by atoms with Crippen LogP contribution in [0.3, 0.4) is 0 Å². The monoisotopic (exact) mass is 330 g/mol. The fourth-order valence-electron chi connectivity index (χ4n) is 2.55. The second kappa shape index (κ2) is 7.59. The molecule has 6 heteroatoms. The molecule has 0 bridgehead atoms. The molecule has 5 nitrogen and oxygen atoms in total. The van der Waals surface area contributed by atoms with Crippen LogP contribution in [0, 0.1) is 12.3 Å². The van der Waals surface area contributed by atoms with Crippen molar-refractivity contribution in [3.05, 3.63) is 52.6 Å². The summed E-state index contributed by atoms with van der Waals surface area (Å²) in [7, 11) is 0. The molecule has 4 N–H and O–H groups in total. The van der Waals surface area contributed by atoms with E-state index in [-0.39, 0.29) is 16.7 Å². The minimum atomic E-state index is 0.0512. The first-order valence-electron chi connectivity index (χ1n) is 7.37. The molecule has 0 atom stereocenters. The highest BCUT2D eigenvalue weighted by atomic mass is 32.2. The lowest BCUT2D eigenvalue weighted by atomic mass is 10.1. The van der Waals surface area contributed by atoms with Gasteiger partial charge in [-0.05, 0) is 44.9 Å². The predicted molar refractivity (Wildman–Crippen MR) is 97.2 cm³/mol. The number of Topliss-reactive ketones (excluding diaryl/α,β-unsaturated/α-hetero) is 1. The van der Waals surface area contributed by atoms with Crippen molar-refractivity contribution < 1.29 is 4.79 Å². The van der Waals surface area contributed by atoms with E-state index >= 15 is 0 Å². The lowest BCUT2D eigenvalue weighted by Crippen LogP contribution is -2.46. The van der Waals surface area contributed by atoms with Crippen molar-refractivity contribution in [1.29, 1.82) is 5.41 Å². The van der Waals surface area contributed by atoms with Gasteiger partial charge in [-0.1, -0.05) is 41.1 Å². The average Bonchev–Trinajstić information content (AvgIpc) is 2.84. The number of hydrazine groups is 2. The molecule has 2 rings (SSSR count). The van der Waals surface area contributed by atoms with Crippen molar-refractivity contribution in [3.63, 3.8) is 0 Å². The maximum atomic E-state index is 12.3. The van der Waals surface area contributed by atoms with Gasteiger partial charge in [-0.2, -0.15) is 5.53 Å². The maximum absolute atomic E-state index is 12.3. The Bertz CT molecular complexity index is 694. The number of nitrogens with one attached hydrogen (secondary N) is 2. The Labute approximate surface area is 141 Å². The van der Waals surface area contributed by atoms with E-state index in [9.17, 15) is 4.79 Å². The Balaban J connectivity index is 2.01. The summed E-state index contributed by atoms with van der Waals surface area (Å²) in [6, 6.07) is 7.66. The maximum Gasteiger partial charge on any atom is 0.177 e. The third kappa shape index (κ3) is 4.31. The zero-order valence-corrected chi connectivity index (χ0v) is 14.5. The molecular formula is C17H22N4OS. The molecule has 0 aromatic heterocycles. The number of hydrogen-bond donors (Lipinski definition) is 3. The molecular weight excluding hydrogens is 308 g/mol. The number of carbonyl (C=O) groups is 1. The number of ketones is 1. The molecule has 23 heavy (non-hydrogen) atoms. The van der Waals surface area contributed by atoms with E-state index in [2.05, 4.69) is 5.53 Å². The minimum absolute atomic E-state index is 0.0512. The van der Waals surface area contributed by atoms with Gasteiger partial charge in [-0.25, -0.2) is 5.01 Å². The van der Waals surface area contributed by atoms with E-state index in [4.69, 9.17) is 11.3 Å². The van der Waals surface area contributed by atoms with Crippen LogP contribution in [-0.4, -0.2) is 16.7 Å². The molecule has 0 spiro atoms. The van der Waals surface area contributed by atoms with Crippen LogP contribution in [-0.2, 0) is 4.79 Å². The topological polar surface area (TPSA) is 82.2 Å². The predicted octanol–water partition coefficient (Wildman–Crippen LogP) is 3.08. The molecule has 0 amide bonds. The molecule has 1 aromatic rings. The van der Waals surface area contributed by atoms with Gasteiger partial charge in [-0.3, -0.25) is 16.0 Å². The Kier molecular flexibility index (Phi) is 5.76. The van der Waals surface area contributed by atoms with Crippen molar-refractivity contribution in [2.75, 3.05) is 10.8 Å². The minimum Gasteiger partial charge on any atom is -0.293 e. The first-order chi connectivity index (χ1) is 10.9. The molecule has 0 saturated heterocycles. The van der Waals surface area contributed by atoms with E-state index < -0.39 is 0 Å². The number of rotatable bonds is 5. The highest BCUT2D eigenvalue weighted by molar-refractivity contribution is 8.14. The summed E-state index contributed by atoms with van der Waals surface area (Å²) in [6.07, 6.45) is 2.81. The highest BCUT2D eigenvalue weighted by Crippen LogP contribution is 2.26.